The fraction of sp³-hybridized carbons (Fsp3) is 0.172. The summed E-state index contributed by atoms with van der Waals surface area (Å²) in [6, 6.07) is 21.7. The number of thiocarbonyl (C=S) groups is 1. The van der Waals surface area contributed by atoms with Crippen LogP contribution in [0.2, 0.25) is 5.02 Å². The van der Waals surface area contributed by atoms with Gasteiger partial charge in [0.1, 0.15) is 12.6 Å². The summed E-state index contributed by atoms with van der Waals surface area (Å²) in [6.45, 7) is -0.0797. The maximum atomic E-state index is 12.0. The van der Waals surface area contributed by atoms with Gasteiger partial charge >= 0.3 is 5.97 Å². The first-order valence-electron chi connectivity index (χ1n) is 12.4. The Kier molecular flexibility index (Phi) is 8.11. The molecule has 0 spiro atoms. The number of anilines is 2. The summed E-state index contributed by atoms with van der Waals surface area (Å²) in [5.41, 5.74) is 4.29. The van der Waals surface area contributed by atoms with Crippen molar-refractivity contribution < 1.29 is 19.1 Å². The van der Waals surface area contributed by atoms with Gasteiger partial charge in [-0.25, -0.2) is 4.79 Å². The number of esters is 1. The van der Waals surface area contributed by atoms with Crippen LogP contribution in [-0.2, 0) is 14.3 Å². The average Bonchev–Trinajstić information content (AvgIpc) is 3.58. The van der Waals surface area contributed by atoms with Crippen LogP contribution >= 0.6 is 23.8 Å². The fourth-order valence-electron chi connectivity index (χ4n) is 4.75. The lowest BCUT2D eigenvalue weighted by molar-refractivity contribution is -0.119. The molecule has 0 saturated carbocycles. The highest BCUT2D eigenvalue weighted by molar-refractivity contribution is 7.80. The number of hydrogen-bond acceptors (Lipinski definition) is 6. The first-order valence-corrected chi connectivity index (χ1v) is 13.1. The van der Waals surface area contributed by atoms with Crippen LogP contribution in [0, 0.1) is 0 Å². The molecule has 2 aromatic heterocycles. The molecule has 1 fully saturated rings. The highest BCUT2D eigenvalue weighted by Gasteiger charge is 2.42. The van der Waals surface area contributed by atoms with Crippen molar-refractivity contribution in [2.24, 2.45) is 0 Å². The number of nitrogens with one attached hydrogen (secondary N) is 2. The van der Waals surface area contributed by atoms with Crippen LogP contribution in [0.4, 0.5) is 11.4 Å². The molecule has 1 saturated heterocycles. The van der Waals surface area contributed by atoms with Crippen molar-refractivity contribution in [3.63, 3.8) is 0 Å². The molecule has 1 amide bonds. The number of benzene rings is 2. The number of halogens is 1. The number of hydrogen-bond donors (Lipinski definition) is 2. The second-order valence-electron chi connectivity index (χ2n) is 8.98. The minimum atomic E-state index is -0.398. The Hall–Kier alpha value is -4.25. The minimum Gasteiger partial charge on any atom is -0.465 e. The van der Waals surface area contributed by atoms with Crippen LogP contribution in [0.25, 0.3) is 5.69 Å². The quantitative estimate of drug-likeness (QED) is 0.222. The molecule has 9 nitrogen and oxygen atoms in total. The van der Waals surface area contributed by atoms with E-state index in [-0.39, 0.29) is 24.6 Å². The van der Waals surface area contributed by atoms with E-state index < -0.39 is 5.97 Å². The van der Waals surface area contributed by atoms with Gasteiger partial charge in [0, 0.05) is 36.6 Å². The lowest BCUT2D eigenvalue weighted by atomic mass is 10.0. The van der Waals surface area contributed by atoms with Gasteiger partial charge < -0.3 is 29.6 Å². The molecule has 2 aromatic carbocycles. The van der Waals surface area contributed by atoms with Gasteiger partial charge in [0.15, 0.2) is 5.11 Å². The zero-order chi connectivity index (χ0) is 28.2. The monoisotopic (exact) mass is 575 g/mol. The van der Waals surface area contributed by atoms with Crippen molar-refractivity contribution in [2.45, 2.75) is 12.1 Å². The predicted octanol–water partition coefficient (Wildman–Crippen LogP) is 5.07. The molecule has 11 heteroatoms. The highest BCUT2D eigenvalue weighted by Crippen LogP contribution is 2.43. The maximum Gasteiger partial charge on any atom is 0.337 e. The number of carbonyl (C=O) groups is 2. The van der Waals surface area contributed by atoms with E-state index in [1.807, 2.05) is 64.2 Å². The Bertz CT molecular complexity index is 1540. The van der Waals surface area contributed by atoms with Crippen LogP contribution in [-0.4, -0.2) is 47.4 Å². The molecular weight excluding hydrogens is 550 g/mol. The van der Waals surface area contributed by atoms with Crippen LogP contribution in [0.5, 0.6) is 0 Å². The summed E-state index contributed by atoms with van der Waals surface area (Å²) in [7, 11) is 2.81. The average molecular weight is 576 g/mol. The van der Waals surface area contributed by atoms with Crippen LogP contribution in [0.3, 0.4) is 0 Å². The van der Waals surface area contributed by atoms with Crippen LogP contribution < -0.4 is 15.5 Å². The summed E-state index contributed by atoms with van der Waals surface area (Å²) < 4.78 is 11.8. The van der Waals surface area contributed by atoms with Gasteiger partial charge in [-0.1, -0.05) is 17.7 Å². The van der Waals surface area contributed by atoms with Gasteiger partial charge in [-0.05, 0) is 78.9 Å². The van der Waals surface area contributed by atoms with E-state index in [1.54, 1.807) is 30.5 Å². The first kappa shape index (κ1) is 27.3. The SMILES string of the molecule is COCC(=O)Nc1ccc(N2C(=S)N[C@H](c3ccccn3)[C@H]2c2cccn2-c2ccc(C(=O)OC)cc2)cc1Cl. The number of methoxy groups -OCH3 is 2. The highest BCUT2D eigenvalue weighted by atomic mass is 35.5. The summed E-state index contributed by atoms with van der Waals surface area (Å²) in [6.07, 6.45) is 3.71. The van der Waals surface area contributed by atoms with E-state index in [4.69, 9.17) is 33.3 Å². The summed E-state index contributed by atoms with van der Waals surface area (Å²) in [4.78, 5) is 30.6. The molecule has 0 unspecified atom stereocenters. The van der Waals surface area contributed by atoms with Gasteiger partial charge in [-0.15, -0.1) is 0 Å². The van der Waals surface area contributed by atoms with E-state index in [2.05, 4.69) is 15.6 Å². The molecular formula is C29H26ClN5O4S. The Morgan fingerprint density at radius 3 is 2.50 bits per heavy atom. The van der Waals surface area contributed by atoms with Crippen molar-refractivity contribution in [2.75, 3.05) is 31.0 Å². The van der Waals surface area contributed by atoms with Gasteiger partial charge in [0.05, 0.1) is 35.1 Å². The predicted molar refractivity (Wildman–Crippen MR) is 157 cm³/mol. The Morgan fingerprint density at radius 1 is 1.05 bits per heavy atom. The van der Waals surface area contributed by atoms with Crippen LogP contribution in [0.1, 0.15) is 33.8 Å². The van der Waals surface area contributed by atoms with Crippen molar-refractivity contribution >= 4 is 52.2 Å². The van der Waals surface area contributed by atoms with E-state index in [0.717, 1.165) is 22.8 Å². The van der Waals surface area contributed by atoms with E-state index in [0.29, 0.717) is 21.4 Å². The molecule has 4 aromatic rings. The van der Waals surface area contributed by atoms with E-state index >= 15 is 0 Å². The van der Waals surface area contributed by atoms with Crippen molar-refractivity contribution in [3.05, 3.63) is 107 Å². The first-order chi connectivity index (χ1) is 19.4. The molecule has 40 heavy (non-hydrogen) atoms. The number of nitrogens with zero attached hydrogens (tertiary/aromatic N) is 3. The third-order valence-electron chi connectivity index (χ3n) is 6.53. The zero-order valence-electron chi connectivity index (χ0n) is 21.7. The van der Waals surface area contributed by atoms with E-state index in [9.17, 15) is 9.59 Å². The molecule has 3 heterocycles. The number of rotatable bonds is 8. The number of carbonyl (C=O) groups excluding carboxylic acids is 2. The van der Waals surface area contributed by atoms with Gasteiger partial charge in [0.2, 0.25) is 5.91 Å². The summed E-state index contributed by atoms with van der Waals surface area (Å²) >= 11 is 12.5. The molecule has 0 aliphatic carbocycles. The number of aromatic nitrogens is 2. The minimum absolute atomic E-state index is 0.0797. The number of amides is 1. The van der Waals surface area contributed by atoms with Crippen molar-refractivity contribution in [3.8, 4) is 5.69 Å². The molecule has 1 aliphatic rings. The molecule has 0 bridgehead atoms. The number of pyridine rings is 1. The molecule has 2 N–H and O–H groups in total. The molecule has 204 valence electrons. The summed E-state index contributed by atoms with van der Waals surface area (Å²) in [5.74, 6) is -0.704. The molecule has 2 atom stereocenters. The van der Waals surface area contributed by atoms with E-state index in [1.165, 1.54) is 14.2 Å². The Morgan fingerprint density at radius 2 is 1.82 bits per heavy atom. The topological polar surface area (TPSA) is 97.7 Å². The number of ether oxygens (including phenoxy) is 2. The zero-order valence-corrected chi connectivity index (χ0v) is 23.3. The van der Waals surface area contributed by atoms with Gasteiger partial charge in [-0.2, -0.15) is 0 Å². The Balaban J connectivity index is 1.57. The third kappa shape index (κ3) is 5.42. The van der Waals surface area contributed by atoms with Crippen molar-refractivity contribution in [1.29, 1.82) is 0 Å². The fourth-order valence-corrected chi connectivity index (χ4v) is 5.32. The molecule has 1 aliphatic heterocycles. The van der Waals surface area contributed by atoms with Gasteiger partial charge in [0.25, 0.3) is 0 Å². The second kappa shape index (κ2) is 11.9. The largest absolute Gasteiger partial charge is 0.465 e. The molecule has 0 radical (unpaired) electrons. The third-order valence-corrected chi connectivity index (χ3v) is 7.16. The Labute approximate surface area is 241 Å². The second-order valence-corrected chi connectivity index (χ2v) is 9.78. The smallest absolute Gasteiger partial charge is 0.337 e. The standard InChI is InChI=1S/C29H26ClN5O4S/c1-38-17-25(36)32-22-13-12-20(16-21(22)30)35-27(26(33-29(35)40)23-6-3-4-14-31-23)24-7-5-15-34(24)19-10-8-18(9-11-19)28(37)39-2/h3-16,26-27H,17H2,1-2H3,(H,32,36)(H,33,40)/t26-,27-/m1/s1. The maximum absolute atomic E-state index is 12.0. The van der Waals surface area contributed by atoms with Crippen LogP contribution in [0.15, 0.2) is 85.2 Å². The lowest BCUT2D eigenvalue weighted by Gasteiger charge is -2.29. The summed E-state index contributed by atoms with van der Waals surface area (Å²) in [5, 5.41) is 7.05. The van der Waals surface area contributed by atoms with Gasteiger partial charge in [-0.3, -0.25) is 9.78 Å². The molecule has 5 rings (SSSR count). The lowest BCUT2D eigenvalue weighted by Crippen LogP contribution is -2.30. The van der Waals surface area contributed by atoms with Crippen molar-refractivity contribution in [1.82, 2.24) is 14.9 Å². The normalized spacial score (nSPS) is 16.5.